The monoisotopic (exact) mass is 460 g/mol. The first-order valence-electron chi connectivity index (χ1n) is 9.67. The molecule has 1 fully saturated rings. The smallest absolute Gasteiger partial charge is 0.747 e. The Hall–Kier alpha value is -0.720. The van der Waals surface area contributed by atoms with Gasteiger partial charge in [0, 0.05) is 6.42 Å². The average molecular weight is 460 g/mol. The zero-order chi connectivity index (χ0) is 21.9. The van der Waals surface area contributed by atoms with Crippen LogP contribution in [0.5, 0.6) is 0 Å². The summed E-state index contributed by atoms with van der Waals surface area (Å²) >= 11 is 0. The van der Waals surface area contributed by atoms with Crippen molar-refractivity contribution in [2.24, 2.45) is 5.41 Å². The van der Waals surface area contributed by atoms with Crippen molar-refractivity contribution in [3.05, 3.63) is 0 Å². The van der Waals surface area contributed by atoms with E-state index in [1.54, 1.807) is 0 Å². The first-order chi connectivity index (χ1) is 13.6. The largest absolute Gasteiger partial charge is 1.00 e. The molecule has 0 aliphatic carbocycles. The van der Waals surface area contributed by atoms with Crippen molar-refractivity contribution < 1.29 is 76.2 Å². The van der Waals surface area contributed by atoms with Gasteiger partial charge in [-0.05, 0) is 6.42 Å². The molecule has 2 unspecified atom stereocenters. The van der Waals surface area contributed by atoms with Crippen LogP contribution >= 0.6 is 0 Å². The fraction of sp³-hybridized carbons (Fsp3) is 0.833. The van der Waals surface area contributed by atoms with Gasteiger partial charge in [-0.3, -0.25) is 14.4 Å². The van der Waals surface area contributed by atoms with E-state index in [0.29, 0.717) is 6.42 Å². The van der Waals surface area contributed by atoms with Gasteiger partial charge in [-0.1, -0.05) is 39.0 Å². The zero-order valence-electron chi connectivity index (χ0n) is 17.6. The first kappa shape index (κ1) is 29.3. The Morgan fingerprint density at radius 2 is 1.77 bits per heavy atom. The van der Waals surface area contributed by atoms with Gasteiger partial charge >= 0.3 is 47.5 Å². The SMILES string of the molecule is CCCCCCCCC(=O)OCC1(CO)COC(=O)CC(S(=O)(=O)[O-])C(=O)OC1.[Na+]. The summed E-state index contributed by atoms with van der Waals surface area (Å²) in [7, 11) is -5.13. The molecule has 0 bridgehead atoms. The van der Waals surface area contributed by atoms with Crippen LogP contribution in [0.3, 0.4) is 0 Å². The van der Waals surface area contributed by atoms with Gasteiger partial charge in [-0.2, -0.15) is 0 Å². The van der Waals surface area contributed by atoms with Crippen LogP contribution in [0.2, 0.25) is 0 Å². The molecule has 1 N–H and O–H groups in total. The molecule has 12 heteroatoms. The molecule has 1 saturated heterocycles. The molecule has 0 radical (unpaired) electrons. The van der Waals surface area contributed by atoms with E-state index < -0.39 is 71.5 Å². The topological polar surface area (TPSA) is 156 Å². The summed E-state index contributed by atoms with van der Waals surface area (Å²) in [6.45, 7) is 0.0117. The van der Waals surface area contributed by atoms with Crippen LogP contribution in [0.4, 0.5) is 0 Å². The molecule has 30 heavy (non-hydrogen) atoms. The van der Waals surface area contributed by atoms with Crippen molar-refractivity contribution in [1.29, 1.82) is 0 Å². The van der Waals surface area contributed by atoms with Crippen LogP contribution in [0.15, 0.2) is 0 Å². The van der Waals surface area contributed by atoms with E-state index in [1.165, 1.54) is 0 Å². The van der Waals surface area contributed by atoms with E-state index in [0.717, 1.165) is 32.1 Å². The van der Waals surface area contributed by atoms with E-state index >= 15 is 0 Å². The summed E-state index contributed by atoms with van der Waals surface area (Å²) in [4.78, 5) is 35.6. The zero-order valence-corrected chi connectivity index (χ0v) is 20.4. The minimum atomic E-state index is -5.13. The summed E-state index contributed by atoms with van der Waals surface area (Å²) < 4.78 is 48.4. The maximum Gasteiger partial charge on any atom is 1.00 e. The fourth-order valence-electron chi connectivity index (χ4n) is 2.68. The standard InChI is InChI=1S/C18H30O10S.Na/c1-2-3-4-5-6-7-8-15(20)26-11-18(10-19)12-27-16(21)9-14(29(23,24)25)17(22)28-13-18;/h14,19H,2-13H2,1H3,(H,23,24,25);/q;+1/p-1. The Balaban J connectivity index is 0.00000841. The Labute approximate surface area is 199 Å². The molecule has 10 nitrogen and oxygen atoms in total. The number of ether oxygens (including phenoxy) is 3. The van der Waals surface area contributed by atoms with Crippen molar-refractivity contribution in [2.45, 2.75) is 63.5 Å². The average Bonchev–Trinajstić information content (AvgIpc) is 2.73. The van der Waals surface area contributed by atoms with E-state index in [4.69, 9.17) is 14.2 Å². The van der Waals surface area contributed by atoms with Crippen molar-refractivity contribution in [3.8, 4) is 0 Å². The molecule has 1 rings (SSSR count). The van der Waals surface area contributed by atoms with Crippen LogP contribution in [-0.2, 0) is 38.7 Å². The molecule has 0 amide bonds. The molecule has 0 aromatic rings. The van der Waals surface area contributed by atoms with Crippen molar-refractivity contribution in [1.82, 2.24) is 0 Å². The number of carbonyl (C=O) groups excluding carboxylic acids is 3. The van der Waals surface area contributed by atoms with Crippen molar-refractivity contribution in [2.75, 3.05) is 26.4 Å². The number of hydrogen-bond donors (Lipinski definition) is 1. The molecule has 0 spiro atoms. The summed E-state index contributed by atoms with van der Waals surface area (Å²) in [5, 5.41) is 7.48. The Morgan fingerprint density at radius 3 is 2.37 bits per heavy atom. The quantitative estimate of drug-likeness (QED) is 0.117. The number of cyclic esters (lactones) is 2. The summed E-state index contributed by atoms with van der Waals surface area (Å²) in [5.74, 6) is -3.02. The number of carbonyl (C=O) groups is 3. The van der Waals surface area contributed by atoms with Gasteiger partial charge in [0.05, 0.1) is 18.4 Å². The van der Waals surface area contributed by atoms with Gasteiger partial charge in [0.25, 0.3) is 0 Å². The van der Waals surface area contributed by atoms with E-state index in [1.807, 2.05) is 0 Å². The number of aliphatic hydroxyl groups excluding tert-OH is 1. The molecule has 2 atom stereocenters. The molecule has 168 valence electrons. The Kier molecular flexibility index (Phi) is 14.0. The second-order valence-electron chi connectivity index (χ2n) is 7.29. The summed E-state index contributed by atoms with van der Waals surface area (Å²) in [5.41, 5.74) is -1.44. The second-order valence-corrected chi connectivity index (χ2v) is 8.85. The second kappa shape index (κ2) is 14.4. The van der Waals surface area contributed by atoms with Gasteiger partial charge in [-0.25, -0.2) is 8.42 Å². The van der Waals surface area contributed by atoms with Gasteiger partial charge in [0.2, 0.25) is 0 Å². The number of hydrogen-bond acceptors (Lipinski definition) is 10. The fourth-order valence-corrected chi connectivity index (χ4v) is 3.33. The summed E-state index contributed by atoms with van der Waals surface area (Å²) in [6.07, 6.45) is 5.15. The minimum Gasteiger partial charge on any atom is -0.747 e. The van der Waals surface area contributed by atoms with Crippen LogP contribution in [0.25, 0.3) is 0 Å². The van der Waals surface area contributed by atoms with Crippen LogP contribution in [0, 0.1) is 5.41 Å². The Morgan fingerprint density at radius 1 is 1.17 bits per heavy atom. The molecule has 0 saturated carbocycles. The normalized spacial score (nSPS) is 22.6. The molecule has 0 aromatic heterocycles. The maximum atomic E-state index is 11.9. The maximum absolute atomic E-state index is 11.9. The molecule has 1 heterocycles. The van der Waals surface area contributed by atoms with Crippen molar-refractivity contribution >= 4 is 28.0 Å². The Bertz CT molecular complexity index is 666. The van der Waals surface area contributed by atoms with Crippen molar-refractivity contribution in [3.63, 3.8) is 0 Å². The molecule has 0 aromatic carbocycles. The number of esters is 3. The molecule has 1 aliphatic rings. The number of rotatable bonds is 11. The number of aliphatic hydroxyl groups is 1. The van der Waals surface area contributed by atoms with Gasteiger partial charge in [0.15, 0.2) is 5.25 Å². The van der Waals surface area contributed by atoms with Gasteiger partial charge in [0.1, 0.15) is 29.9 Å². The third kappa shape index (κ3) is 10.5. The summed E-state index contributed by atoms with van der Waals surface area (Å²) in [6, 6.07) is 0. The van der Waals surface area contributed by atoms with Gasteiger partial charge < -0.3 is 23.9 Å². The van der Waals surface area contributed by atoms with E-state index in [9.17, 15) is 32.5 Å². The van der Waals surface area contributed by atoms with Crippen LogP contribution in [-0.4, -0.2) is 67.7 Å². The molecular weight excluding hydrogens is 431 g/mol. The molecule has 1 aliphatic heterocycles. The molecular formula is C18H29NaO10S. The van der Waals surface area contributed by atoms with Crippen LogP contribution in [0.1, 0.15) is 58.3 Å². The van der Waals surface area contributed by atoms with Gasteiger partial charge in [-0.15, -0.1) is 0 Å². The number of unbranched alkanes of at least 4 members (excludes halogenated alkanes) is 5. The predicted molar refractivity (Wildman–Crippen MR) is 98.5 cm³/mol. The van der Waals surface area contributed by atoms with Crippen LogP contribution < -0.4 is 29.6 Å². The third-order valence-corrected chi connectivity index (χ3v) is 5.69. The minimum absolute atomic E-state index is 0. The first-order valence-corrected chi connectivity index (χ1v) is 11.1. The third-order valence-electron chi connectivity index (χ3n) is 4.63. The predicted octanol–water partition coefficient (Wildman–Crippen LogP) is -2.33. The van der Waals surface area contributed by atoms with E-state index in [-0.39, 0.29) is 36.0 Å². The van der Waals surface area contributed by atoms with E-state index in [2.05, 4.69) is 6.92 Å².